The minimum Gasteiger partial charge on any atom is -0.396 e. The van der Waals surface area contributed by atoms with Gasteiger partial charge in [0.1, 0.15) is 0 Å². The standard InChI is InChI=1S/C14H25NO3/c1-3-14(4-2)8-12(5-6-18-14)15-9-11(10-16)7-13(15)17/h11-12,16H,3-10H2,1-2H3. The molecule has 0 aromatic heterocycles. The molecule has 2 aliphatic rings. The zero-order chi connectivity index (χ0) is 13.2. The maximum atomic E-state index is 12.0. The molecular formula is C14H25NO3. The lowest BCUT2D eigenvalue weighted by Gasteiger charge is -2.43. The van der Waals surface area contributed by atoms with Gasteiger partial charge in [0.15, 0.2) is 0 Å². The van der Waals surface area contributed by atoms with Crippen molar-refractivity contribution in [1.82, 2.24) is 4.90 Å². The number of aliphatic hydroxyl groups is 1. The Morgan fingerprint density at radius 3 is 2.72 bits per heavy atom. The summed E-state index contributed by atoms with van der Waals surface area (Å²) in [6.45, 7) is 5.92. The van der Waals surface area contributed by atoms with Crippen molar-refractivity contribution < 1.29 is 14.6 Å². The van der Waals surface area contributed by atoms with Crippen molar-refractivity contribution in [2.24, 2.45) is 5.92 Å². The van der Waals surface area contributed by atoms with E-state index in [4.69, 9.17) is 4.74 Å². The number of amides is 1. The SMILES string of the molecule is CCC1(CC)CC(N2CC(CO)CC2=O)CCO1. The van der Waals surface area contributed by atoms with Gasteiger partial charge in [-0.15, -0.1) is 0 Å². The van der Waals surface area contributed by atoms with E-state index in [1.165, 1.54) is 0 Å². The summed E-state index contributed by atoms with van der Waals surface area (Å²) in [6, 6.07) is 0.308. The van der Waals surface area contributed by atoms with Crippen molar-refractivity contribution in [3.05, 3.63) is 0 Å². The number of hydrogen-bond acceptors (Lipinski definition) is 3. The number of carbonyl (C=O) groups excluding carboxylic acids is 1. The molecule has 0 aromatic carbocycles. The predicted octanol–water partition coefficient (Wildman–Crippen LogP) is 1.57. The van der Waals surface area contributed by atoms with E-state index >= 15 is 0 Å². The quantitative estimate of drug-likeness (QED) is 0.829. The normalized spacial score (nSPS) is 31.9. The summed E-state index contributed by atoms with van der Waals surface area (Å²) < 4.78 is 5.95. The van der Waals surface area contributed by atoms with E-state index in [2.05, 4.69) is 13.8 Å². The van der Waals surface area contributed by atoms with Gasteiger partial charge in [0.25, 0.3) is 0 Å². The first kappa shape index (κ1) is 13.8. The highest BCUT2D eigenvalue weighted by Crippen LogP contribution is 2.35. The van der Waals surface area contributed by atoms with Gasteiger partial charge in [0, 0.05) is 38.1 Å². The molecular weight excluding hydrogens is 230 g/mol. The van der Waals surface area contributed by atoms with Crippen LogP contribution in [0.2, 0.25) is 0 Å². The van der Waals surface area contributed by atoms with E-state index in [1.54, 1.807) is 0 Å². The Hall–Kier alpha value is -0.610. The summed E-state index contributed by atoms with van der Waals surface area (Å²) in [5.41, 5.74) is -0.0412. The first-order valence-electron chi connectivity index (χ1n) is 7.18. The van der Waals surface area contributed by atoms with E-state index < -0.39 is 0 Å². The molecule has 2 aliphatic heterocycles. The molecule has 0 radical (unpaired) electrons. The lowest BCUT2D eigenvalue weighted by molar-refractivity contribution is -0.139. The van der Waals surface area contributed by atoms with E-state index in [0.717, 1.165) is 38.8 Å². The minimum absolute atomic E-state index is 0.0412. The third-order valence-electron chi connectivity index (χ3n) is 4.69. The molecule has 4 nitrogen and oxygen atoms in total. The molecule has 0 bridgehead atoms. The molecule has 4 heteroatoms. The zero-order valence-corrected chi connectivity index (χ0v) is 11.5. The Bertz CT molecular complexity index is 301. The van der Waals surface area contributed by atoms with Crippen molar-refractivity contribution in [2.45, 2.75) is 57.6 Å². The molecule has 0 aromatic rings. The van der Waals surface area contributed by atoms with Gasteiger partial charge in [-0.1, -0.05) is 13.8 Å². The van der Waals surface area contributed by atoms with E-state index in [1.807, 2.05) is 4.90 Å². The highest BCUT2D eigenvalue weighted by atomic mass is 16.5. The number of hydrogen-bond donors (Lipinski definition) is 1. The van der Waals surface area contributed by atoms with E-state index in [-0.39, 0.29) is 24.0 Å². The lowest BCUT2D eigenvalue weighted by Crippen LogP contribution is -2.48. The Morgan fingerprint density at radius 1 is 1.44 bits per heavy atom. The number of nitrogens with zero attached hydrogens (tertiary/aromatic N) is 1. The maximum Gasteiger partial charge on any atom is 0.223 e. The monoisotopic (exact) mass is 255 g/mol. The van der Waals surface area contributed by atoms with Gasteiger partial charge in [-0.3, -0.25) is 4.79 Å². The fourth-order valence-corrected chi connectivity index (χ4v) is 3.29. The summed E-state index contributed by atoms with van der Waals surface area (Å²) in [6.07, 6.45) is 4.41. The molecule has 1 amide bonds. The van der Waals surface area contributed by atoms with Gasteiger partial charge in [-0.05, 0) is 25.7 Å². The second kappa shape index (κ2) is 5.57. The Kier molecular flexibility index (Phi) is 4.28. The van der Waals surface area contributed by atoms with Crippen molar-refractivity contribution in [3.63, 3.8) is 0 Å². The van der Waals surface area contributed by atoms with Crippen LogP contribution in [0.3, 0.4) is 0 Å². The molecule has 0 spiro atoms. The van der Waals surface area contributed by atoms with Crippen molar-refractivity contribution in [1.29, 1.82) is 0 Å². The lowest BCUT2D eigenvalue weighted by atomic mass is 9.85. The molecule has 2 saturated heterocycles. The minimum atomic E-state index is -0.0412. The first-order chi connectivity index (χ1) is 8.64. The van der Waals surface area contributed by atoms with Crippen molar-refractivity contribution in [2.75, 3.05) is 19.8 Å². The molecule has 1 N–H and O–H groups in total. The van der Waals surface area contributed by atoms with E-state index in [0.29, 0.717) is 12.5 Å². The fourth-order valence-electron chi connectivity index (χ4n) is 3.29. The van der Waals surface area contributed by atoms with Crippen LogP contribution in [0.15, 0.2) is 0 Å². The summed E-state index contributed by atoms with van der Waals surface area (Å²) >= 11 is 0. The van der Waals surface area contributed by atoms with Gasteiger partial charge < -0.3 is 14.7 Å². The topological polar surface area (TPSA) is 49.8 Å². The van der Waals surface area contributed by atoms with E-state index in [9.17, 15) is 9.90 Å². The highest BCUT2D eigenvalue weighted by molar-refractivity contribution is 5.79. The van der Waals surface area contributed by atoms with Crippen LogP contribution < -0.4 is 0 Å². The summed E-state index contributed by atoms with van der Waals surface area (Å²) in [5, 5.41) is 9.19. The third kappa shape index (κ3) is 2.54. The molecule has 2 atom stereocenters. The third-order valence-corrected chi connectivity index (χ3v) is 4.69. The average Bonchev–Trinajstić information content (AvgIpc) is 2.80. The Labute approximate surface area is 109 Å². The number of ether oxygens (including phenoxy) is 1. The zero-order valence-electron chi connectivity index (χ0n) is 11.5. The van der Waals surface area contributed by atoms with Crippen LogP contribution in [-0.2, 0) is 9.53 Å². The molecule has 104 valence electrons. The molecule has 0 aliphatic carbocycles. The average molecular weight is 255 g/mol. The van der Waals surface area contributed by atoms with Crippen molar-refractivity contribution in [3.8, 4) is 0 Å². The van der Waals surface area contributed by atoms with Gasteiger partial charge in [-0.25, -0.2) is 0 Å². The molecule has 2 fully saturated rings. The predicted molar refractivity (Wildman–Crippen MR) is 69.2 cm³/mol. The first-order valence-corrected chi connectivity index (χ1v) is 7.18. The van der Waals surface area contributed by atoms with Crippen LogP contribution in [0.1, 0.15) is 46.0 Å². The van der Waals surface area contributed by atoms with Gasteiger partial charge >= 0.3 is 0 Å². The van der Waals surface area contributed by atoms with Gasteiger partial charge in [-0.2, -0.15) is 0 Å². The van der Waals surface area contributed by atoms with Crippen LogP contribution in [0.4, 0.5) is 0 Å². The number of likely N-dealkylation sites (tertiary alicyclic amines) is 1. The van der Waals surface area contributed by atoms with Crippen LogP contribution in [0.5, 0.6) is 0 Å². The van der Waals surface area contributed by atoms with Gasteiger partial charge in [0.05, 0.1) is 5.60 Å². The number of carbonyl (C=O) groups is 1. The number of rotatable bonds is 4. The maximum absolute atomic E-state index is 12.0. The second-order valence-electron chi connectivity index (χ2n) is 5.68. The molecule has 0 saturated carbocycles. The number of aliphatic hydroxyl groups excluding tert-OH is 1. The van der Waals surface area contributed by atoms with Crippen LogP contribution in [0, 0.1) is 5.92 Å². The van der Waals surface area contributed by atoms with Crippen LogP contribution in [-0.4, -0.2) is 47.3 Å². The smallest absolute Gasteiger partial charge is 0.223 e. The fraction of sp³-hybridized carbons (Fsp3) is 0.929. The molecule has 18 heavy (non-hydrogen) atoms. The summed E-state index contributed by atoms with van der Waals surface area (Å²) in [4.78, 5) is 14.0. The largest absolute Gasteiger partial charge is 0.396 e. The molecule has 2 rings (SSSR count). The summed E-state index contributed by atoms with van der Waals surface area (Å²) in [7, 11) is 0. The van der Waals surface area contributed by atoms with Crippen LogP contribution in [0.25, 0.3) is 0 Å². The molecule has 2 heterocycles. The molecule has 2 unspecified atom stereocenters. The Morgan fingerprint density at radius 2 is 2.17 bits per heavy atom. The highest BCUT2D eigenvalue weighted by Gasteiger charge is 2.41. The second-order valence-corrected chi connectivity index (χ2v) is 5.68. The summed E-state index contributed by atoms with van der Waals surface area (Å²) in [5.74, 6) is 0.347. The van der Waals surface area contributed by atoms with Crippen molar-refractivity contribution >= 4 is 5.91 Å². The van der Waals surface area contributed by atoms with Crippen LogP contribution >= 0.6 is 0 Å². The Balaban J connectivity index is 2.03. The van der Waals surface area contributed by atoms with Gasteiger partial charge in [0.2, 0.25) is 5.91 Å².